The smallest absolute Gasteiger partial charge is 0.339 e. The molecular weight excluding hydrogens is 305 g/mol. The average Bonchev–Trinajstić information content (AvgIpc) is 2.40. The van der Waals surface area contributed by atoms with Crippen LogP contribution in [-0.4, -0.2) is 28.2 Å². The maximum absolute atomic E-state index is 11.0. The van der Waals surface area contributed by atoms with E-state index >= 15 is 0 Å². The summed E-state index contributed by atoms with van der Waals surface area (Å²) in [7, 11) is 1.37. The van der Waals surface area contributed by atoms with Gasteiger partial charge in [-0.15, -0.1) is 0 Å². The Bertz CT molecular complexity index is 664. The second-order valence-electron chi connectivity index (χ2n) is 3.69. The van der Waals surface area contributed by atoms with Gasteiger partial charge in [-0.25, -0.2) is 9.78 Å². The number of nitrogens with one attached hydrogen (secondary N) is 1. The quantitative estimate of drug-likeness (QED) is 0.901. The van der Waals surface area contributed by atoms with Gasteiger partial charge >= 0.3 is 5.97 Å². The standard InChI is InChI=1S/C12H9Cl2N3O3/c1-20-9-3-8(7(13)2-6(9)12(18)19)16-11-5-15-4-10(14)17-11/h2-5H,1H3,(H,16,17)(H,18,19). The van der Waals surface area contributed by atoms with Crippen LogP contribution in [0.5, 0.6) is 5.75 Å². The largest absolute Gasteiger partial charge is 0.496 e. The molecule has 0 radical (unpaired) electrons. The summed E-state index contributed by atoms with van der Waals surface area (Å²) in [5.41, 5.74) is 0.408. The van der Waals surface area contributed by atoms with Crippen molar-refractivity contribution in [2.45, 2.75) is 0 Å². The fraction of sp³-hybridized carbons (Fsp3) is 0.0833. The van der Waals surface area contributed by atoms with Crippen LogP contribution in [0.2, 0.25) is 10.2 Å². The van der Waals surface area contributed by atoms with E-state index in [0.717, 1.165) is 0 Å². The minimum absolute atomic E-state index is 0.0276. The second kappa shape index (κ2) is 5.94. The number of carboxylic acid groups (broad SMARTS) is 1. The Morgan fingerprint density at radius 3 is 2.70 bits per heavy atom. The molecule has 0 saturated carbocycles. The summed E-state index contributed by atoms with van der Waals surface area (Å²) in [6.07, 6.45) is 2.85. The van der Waals surface area contributed by atoms with Crippen LogP contribution in [-0.2, 0) is 0 Å². The number of carboxylic acids is 1. The highest BCUT2D eigenvalue weighted by molar-refractivity contribution is 6.33. The monoisotopic (exact) mass is 313 g/mol. The zero-order valence-corrected chi connectivity index (χ0v) is 11.7. The molecular formula is C12H9Cl2N3O3. The fourth-order valence-corrected chi connectivity index (χ4v) is 1.88. The Morgan fingerprint density at radius 1 is 1.35 bits per heavy atom. The molecule has 2 aromatic rings. The van der Waals surface area contributed by atoms with Crippen molar-refractivity contribution in [3.8, 4) is 5.75 Å². The summed E-state index contributed by atoms with van der Waals surface area (Å²) in [4.78, 5) is 18.9. The molecule has 0 spiro atoms. The second-order valence-corrected chi connectivity index (χ2v) is 4.48. The number of nitrogens with zero attached hydrogens (tertiary/aromatic N) is 2. The third kappa shape index (κ3) is 3.09. The normalized spacial score (nSPS) is 10.2. The Hall–Kier alpha value is -2.05. The molecule has 0 fully saturated rings. The number of rotatable bonds is 4. The number of aromatic nitrogens is 2. The van der Waals surface area contributed by atoms with Crippen LogP contribution in [0.15, 0.2) is 24.5 Å². The zero-order chi connectivity index (χ0) is 14.7. The molecule has 0 unspecified atom stereocenters. The summed E-state index contributed by atoms with van der Waals surface area (Å²) in [6, 6.07) is 2.76. The van der Waals surface area contributed by atoms with E-state index in [-0.39, 0.29) is 21.5 Å². The third-order valence-electron chi connectivity index (χ3n) is 2.39. The van der Waals surface area contributed by atoms with E-state index in [0.29, 0.717) is 11.5 Å². The summed E-state index contributed by atoms with van der Waals surface area (Å²) < 4.78 is 5.02. The van der Waals surface area contributed by atoms with E-state index in [2.05, 4.69) is 15.3 Å². The minimum atomic E-state index is -1.13. The Balaban J connectivity index is 2.40. The lowest BCUT2D eigenvalue weighted by Gasteiger charge is -2.11. The molecule has 20 heavy (non-hydrogen) atoms. The number of halogens is 2. The molecule has 0 atom stereocenters. The van der Waals surface area contributed by atoms with Gasteiger partial charge < -0.3 is 15.2 Å². The van der Waals surface area contributed by atoms with Crippen LogP contribution in [0.25, 0.3) is 0 Å². The fourth-order valence-electron chi connectivity index (χ4n) is 1.53. The molecule has 0 aliphatic carbocycles. The van der Waals surface area contributed by atoms with Crippen LogP contribution < -0.4 is 10.1 Å². The van der Waals surface area contributed by atoms with Gasteiger partial charge in [-0.05, 0) is 6.07 Å². The molecule has 0 amide bonds. The minimum Gasteiger partial charge on any atom is -0.496 e. The van der Waals surface area contributed by atoms with Gasteiger partial charge in [-0.1, -0.05) is 23.2 Å². The summed E-state index contributed by atoms with van der Waals surface area (Å²) in [5, 5.41) is 12.4. The molecule has 2 rings (SSSR count). The van der Waals surface area contributed by atoms with Crippen molar-refractivity contribution in [1.29, 1.82) is 0 Å². The summed E-state index contributed by atoms with van der Waals surface area (Å²) in [6.45, 7) is 0. The van der Waals surface area contributed by atoms with Crippen LogP contribution in [0.1, 0.15) is 10.4 Å². The van der Waals surface area contributed by atoms with Crippen molar-refractivity contribution in [3.63, 3.8) is 0 Å². The maximum atomic E-state index is 11.0. The van der Waals surface area contributed by atoms with E-state index in [1.54, 1.807) is 0 Å². The van der Waals surface area contributed by atoms with Crippen LogP contribution in [0.4, 0.5) is 11.5 Å². The van der Waals surface area contributed by atoms with Gasteiger partial charge in [0.05, 0.1) is 30.2 Å². The predicted octanol–water partition coefficient (Wildman–Crippen LogP) is 3.23. The van der Waals surface area contributed by atoms with Gasteiger partial charge in [0.2, 0.25) is 0 Å². The van der Waals surface area contributed by atoms with Crippen molar-refractivity contribution < 1.29 is 14.6 Å². The van der Waals surface area contributed by atoms with E-state index in [4.69, 9.17) is 33.0 Å². The van der Waals surface area contributed by atoms with Gasteiger partial charge in [0.1, 0.15) is 16.5 Å². The lowest BCUT2D eigenvalue weighted by molar-refractivity contribution is 0.0693. The molecule has 1 heterocycles. The molecule has 2 N–H and O–H groups in total. The summed E-state index contributed by atoms with van der Waals surface area (Å²) in [5.74, 6) is -0.568. The van der Waals surface area contributed by atoms with Gasteiger partial charge in [0.15, 0.2) is 5.82 Å². The molecule has 1 aromatic carbocycles. The number of anilines is 2. The average molecular weight is 314 g/mol. The van der Waals surface area contributed by atoms with Crippen molar-refractivity contribution >= 4 is 40.7 Å². The van der Waals surface area contributed by atoms with Crippen LogP contribution >= 0.6 is 23.2 Å². The van der Waals surface area contributed by atoms with Gasteiger partial charge in [0, 0.05) is 6.07 Å². The predicted molar refractivity (Wildman–Crippen MR) is 75.3 cm³/mol. The molecule has 0 aliphatic heterocycles. The van der Waals surface area contributed by atoms with E-state index in [9.17, 15) is 4.79 Å². The van der Waals surface area contributed by atoms with Crippen LogP contribution in [0.3, 0.4) is 0 Å². The number of aromatic carboxylic acids is 1. The molecule has 0 saturated heterocycles. The van der Waals surface area contributed by atoms with Crippen LogP contribution in [0, 0.1) is 0 Å². The Labute approximate surface area is 124 Å². The highest BCUT2D eigenvalue weighted by Gasteiger charge is 2.15. The topological polar surface area (TPSA) is 84.3 Å². The lowest BCUT2D eigenvalue weighted by atomic mass is 10.2. The van der Waals surface area contributed by atoms with Crippen molar-refractivity contribution in [1.82, 2.24) is 9.97 Å². The first-order valence-electron chi connectivity index (χ1n) is 5.36. The molecule has 0 aliphatic rings. The van der Waals surface area contributed by atoms with Crippen molar-refractivity contribution in [2.75, 3.05) is 12.4 Å². The first kappa shape index (κ1) is 14.4. The Morgan fingerprint density at radius 2 is 2.10 bits per heavy atom. The third-order valence-corrected chi connectivity index (χ3v) is 2.88. The maximum Gasteiger partial charge on any atom is 0.339 e. The highest BCUT2D eigenvalue weighted by Crippen LogP contribution is 2.32. The first-order valence-corrected chi connectivity index (χ1v) is 6.12. The molecule has 1 aromatic heterocycles. The number of benzene rings is 1. The molecule has 6 nitrogen and oxygen atoms in total. The number of hydrogen-bond acceptors (Lipinski definition) is 5. The van der Waals surface area contributed by atoms with Gasteiger partial charge in [0.25, 0.3) is 0 Å². The zero-order valence-electron chi connectivity index (χ0n) is 10.2. The van der Waals surface area contributed by atoms with E-state index in [1.807, 2.05) is 0 Å². The Kier molecular flexibility index (Phi) is 4.26. The summed E-state index contributed by atoms with van der Waals surface area (Å²) >= 11 is 11.8. The SMILES string of the molecule is COc1cc(Nc2cncc(Cl)n2)c(Cl)cc1C(=O)O. The number of ether oxygens (including phenoxy) is 1. The number of hydrogen-bond donors (Lipinski definition) is 2. The van der Waals surface area contributed by atoms with E-state index < -0.39 is 5.97 Å². The molecule has 0 bridgehead atoms. The highest BCUT2D eigenvalue weighted by atomic mass is 35.5. The van der Waals surface area contributed by atoms with E-state index in [1.165, 1.54) is 31.6 Å². The lowest BCUT2D eigenvalue weighted by Crippen LogP contribution is -2.03. The van der Waals surface area contributed by atoms with Gasteiger partial charge in [-0.3, -0.25) is 4.98 Å². The van der Waals surface area contributed by atoms with Crippen molar-refractivity contribution in [3.05, 3.63) is 40.3 Å². The number of carbonyl (C=O) groups is 1. The molecule has 104 valence electrons. The molecule has 8 heteroatoms. The number of methoxy groups -OCH3 is 1. The van der Waals surface area contributed by atoms with Crippen molar-refractivity contribution in [2.24, 2.45) is 0 Å². The first-order chi connectivity index (χ1) is 9.51. The van der Waals surface area contributed by atoms with Gasteiger partial charge in [-0.2, -0.15) is 0 Å².